The van der Waals surface area contributed by atoms with E-state index in [0.717, 1.165) is 15.1 Å². The summed E-state index contributed by atoms with van der Waals surface area (Å²) >= 11 is 1.53. The first kappa shape index (κ1) is 15.4. The number of nitrogens with two attached hydrogens (primary N) is 1. The Hall–Kier alpha value is -1.01. The first-order valence-corrected chi connectivity index (χ1v) is 7.57. The normalized spacial score (nSPS) is 13.0. The number of ether oxygens (including phenoxy) is 2. The van der Waals surface area contributed by atoms with Gasteiger partial charge < -0.3 is 15.2 Å². The molecule has 110 valence electrons. The van der Waals surface area contributed by atoms with Crippen molar-refractivity contribution in [3.63, 3.8) is 0 Å². The zero-order chi connectivity index (χ0) is 14.5. The van der Waals surface area contributed by atoms with Crippen molar-refractivity contribution in [2.24, 2.45) is 5.73 Å². The summed E-state index contributed by atoms with van der Waals surface area (Å²) in [6.45, 7) is 5.86. The van der Waals surface area contributed by atoms with Gasteiger partial charge in [-0.05, 0) is 26.0 Å². The zero-order valence-electron chi connectivity index (χ0n) is 11.8. The lowest BCUT2D eigenvalue weighted by Crippen LogP contribution is -2.16. The summed E-state index contributed by atoms with van der Waals surface area (Å²) in [5.41, 5.74) is 6.63. The average Bonchev–Trinajstić information content (AvgIpc) is 2.82. The van der Waals surface area contributed by atoms with E-state index in [9.17, 15) is 4.39 Å². The SMILES string of the molecule is CCOCC(C)OCc1c(CN)sc2cccc(F)c12. The van der Waals surface area contributed by atoms with Crippen LogP contribution in [0.2, 0.25) is 0 Å². The topological polar surface area (TPSA) is 44.5 Å². The molecule has 0 bridgehead atoms. The van der Waals surface area contributed by atoms with Gasteiger partial charge in [0.1, 0.15) is 5.82 Å². The van der Waals surface area contributed by atoms with Crippen molar-refractivity contribution in [1.82, 2.24) is 0 Å². The molecule has 1 heterocycles. The van der Waals surface area contributed by atoms with E-state index in [1.54, 1.807) is 6.07 Å². The lowest BCUT2D eigenvalue weighted by atomic mass is 10.1. The molecule has 0 aliphatic heterocycles. The fourth-order valence-corrected chi connectivity index (χ4v) is 3.19. The quantitative estimate of drug-likeness (QED) is 0.851. The summed E-state index contributed by atoms with van der Waals surface area (Å²) in [4.78, 5) is 0.980. The predicted molar refractivity (Wildman–Crippen MR) is 80.4 cm³/mol. The molecular formula is C15H20FNO2S. The van der Waals surface area contributed by atoms with E-state index in [2.05, 4.69) is 0 Å². The minimum absolute atomic E-state index is 0.0257. The number of fused-ring (bicyclic) bond motifs is 1. The van der Waals surface area contributed by atoms with Crippen LogP contribution in [0.4, 0.5) is 4.39 Å². The number of hydrogen-bond donors (Lipinski definition) is 1. The van der Waals surface area contributed by atoms with Crippen molar-refractivity contribution >= 4 is 21.4 Å². The molecule has 0 fully saturated rings. The van der Waals surface area contributed by atoms with Crippen molar-refractivity contribution in [3.05, 3.63) is 34.5 Å². The molecule has 2 aromatic rings. The van der Waals surface area contributed by atoms with E-state index in [0.29, 0.717) is 31.8 Å². The summed E-state index contributed by atoms with van der Waals surface area (Å²) in [6, 6.07) is 5.11. The fraction of sp³-hybridized carbons (Fsp3) is 0.467. The van der Waals surface area contributed by atoms with Crippen molar-refractivity contribution in [3.8, 4) is 0 Å². The highest BCUT2D eigenvalue weighted by Gasteiger charge is 2.15. The maximum absolute atomic E-state index is 14.0. The molecule has 20 heavy (non-hydrogen) atoms. The summed E-state index contributed by atoms with van der Waals surface area (Å²) in [7, 11) is 0. The Morgan fingerprint density at radius 3 is 2.90 bits per heavy atom. The van der Waals surface area contributed by atoms with Crippen LogP contribution in [0, 0.1) is 5.82 Å². The molecule has 1 aromatic carbocycles. The Labute approximate surface area is 122 Å². The van der Waals surface area contributed by atoms with Crippen LogP contribution in [0.3, 0.4) is 0 Å². The molecule has 1 atom stereocenters. The molecule has 5 heteroatoms. The summed E-state index contributed by atoms with van der Waals surface area (Å²) in [6.07, 6.45) is -0.0257. The van der Waals surface area contributed by atoms with E-state index >= 15 is 0 Å². The Morgan fingerprint density at radius 2 is 2.20 bits per heavy atom. The summed E-state index contributed by atoms with van der Waals surface area (Å²) in [5, 5.41) is 0.640. The van der Waals surface area contributed by atoms with Gasteiger partial charge in [0.2, 0.25) is 0 Å². The largest absolute Gasteiger partial charge is 0.379 e. The molecule has 0 aliphatic carbocycles. The van der Waals surface area contributed by atoms with Gasteiger partial charge in [0.25, 0.3) is 0 Å². The highest BCUT2D eigenvalue weighted by molar-refractivity contribution is 7.19. The molecule has 0 saturated carbocycles. The van der Waals surface area contributed by atoms with Crippen LogP contribution in [0.1, 0.15) is 24.3 Å². The first-order chi connectivity index (χ1) is 9.67. The second-order valence-corrected chi connectivity index (χ2v) is 5.74. The van der Waals surface area contributed by atoms with Gasteiger partial charge in [-0.3, -0.25) is 0 Å². The van der Waals surface area contributed by atoms with Gasteiger partial charge in [0, 0.05) is 33.7 Å². The highest BCUT2D eigenvalue weighted by Crippen LogP contribution is 2.33. The lowest BCUT2D eigenvalue weighted by Gasteiger charge is -2.13. The number of hydrogen-bond acceptors (Lipinski definition) is 4. The second kappa shape index (κ2) is 7.13. The van der Waals surface area contributed by atoms with Gasteiger partial charge in [-0.2, -0.15) is 0 Å². The summed E-state index contributed by atoms with van der Waals surface area (Å²) < 4.78 is 26.0. The Morgan fingerprint density at radius 1 is 1.40 bits per heavy atom. The van der Waals surface area contributed by atoms with Crippen LogP contribution < -0.4 is 5.73 Å². The second-order valence-electron chi connectivity index (χ2n) is 4.60. The molecule has 2 rings (SSSR count). The van der Waals surface area contributed by atoms with Crippen molar-refractivity contribution in [1.29, 1.82) is 0 Å². The smallest absolute Gasteiger partial charge is 0.132 e. The third kappa shape index (κ3) is 3.35. The van der Waals surface area contributed by atoms with Gasteiger partial charge in [-0.1, -0.05) is 6.07 Å². The molecule has 0 saturated heterocycles. The van der Waals surface area contributed by atoms with Gasteiger partial charge in [0.15, 0.2) is 0 Å². The van der Waals surface area contributed by atoms with E-state index in [1.165, 1.54) is 17.4 Å². The molecule has 1 unspecified atom stereocenters. The van der Waals surface area contributed by atoms with Crippen LogP contribution in [0.25, 0.3) is 10.1 Å². The maximum atomic E-state index is 14.0. The van der Waals surface area contributed by atoms with Gasteiger partial charge in [-0.15, -0.1) is 11.3 Å². The number of rotatable bonds is 7. The van der Waals surface area contributed by atoms with E-state index in [4.69, 9.17) is 15.2 Å². The minimum Gasteiger partial charge on any atom is -0.379 e. The molecule has 1 aromatic heterocycles. The molecule has 0 amide bonds. The predicted octanol–water partition coefficient (Wildman–Crippen LogP) is 3.44. The third-order valence-electron chi connectivity index (χ3n) is 3.10. The van der Waals surface area contributed by atoms with Gasteiger partial charge in [-0.25, -0.2) is 4.39 Å². The van der Waals surface area contributed by atoms with Crippen LogP contribution in [-0.4, -0.2) is 19.3 Å². The average molecular weight is 297 g/mol. The molecule has 0 radical (unpaired) electrons. The number of thiophene rings is 1. The third-order valence-corrected chi connectivity index (χ3v) is 4.32. The van der Waals surface area contributed by atoms with Crippen LogP contribution >= 0.6 is 11.3 Å². The number of halogens is 1. The zero-order valence-corrected chi connectivity index (χ0v) is 12.6. The fourth-order valence-electron chi connectivity index (χ4n) is 2.09. The van der Waals surface area contributed by atoms with Gasteiger partial charge >= 0.3 is 0 Å². The Kier molecular flexibility index (Phi) is 5.48. The van der Waals surface area contributed by atoms with E-state index in [-0.39, 0.29) is 11.9 Å². The summed E-state index contributed by atoms with van der Waals surface area (Å²) in [5.74, 6) is -0.213. The van der Waals surface area contributed by atoms with E-state index in [1.807, 2.05) is 19.9 Å². The van der Waals surface area contributed by atoms with Crippen LogP contribution in [-0.2, 0) is 22.6 Å². The first-order valence-electron chi connectivity index (χ1n) is 6.75. The van der Waals surface area contributed by atoms with Crippen molar-refractivity contribution < 1.29 is 13.9 Å². The molecule has 3 nitrogen and oxygen atoms in total. The van der Waals surface area contributed by atoms with Crippen LogP contribution in [0.5, 0.6) is 0 Å². The maximum Gasteiger partial charge on any atom is 0.132 e. The van der Waals surface area contributed by atoms with Crippen molar-refractivity contribution in [2.45, 2.75) is 33.1 Å². The molecular weight excluding hydrogens is 277 g/mol. The molecule has 0 aliphatic rings. The van der Waals surface area contributed by atoms with Crippen molar-refractivity contribution in [2.75, 3.05) is 13.2 Å². The van der Waals surface area contributed by atoms with Gasteiger partial charge in [0.05, 0.1) is 19.3 Å². The molecule has 2 N–H and O–H groups in total. The highest BCUT2D eigenvalue weighted by atomic mass is 32.1. The lowest BCUT2D eigenvalue weighted by molar-refractivity contribution is -0.0114. The van der Waals surface area contributed by atoms with Crippen LogP contribution in [0.15, 0.2) is 18.2 Å². The standard InChI is InChI=1S/C15H20FNO2S/c1-3-18-8-10(2)19-9-11-14(7-17)20-13-6-4-5-12(16)15(11)13/h4-6,10H,3,7-9,17H2,1-2H3. The monoisotopic (exact) mass is 297 g/mol. The Balaban J connectivity index is 2.19. The minimum atomic E-state index is -0.213. The number of benzene rings is 1. The molecule has 0 spiro atoms. The van der Waals surface area contributed by atoms with E-state index < -0.39 is 0 Å². The Bertz CT molecular complexity index is 570.